The van der Waals surface area contributed by atoms with Crippen molar-refractivity contribution in [3.63, 3.8) is 0 Å². The van der Waals surface area contributed by atoms with Gasteiger partial charge in [-0.15, -0.1) is 0 Å². The van der Waals surface area contributed by atoms with Crippen LogP contribution in [0.1, 0.15) is 12.5 Å². The van der Waals surface area contributed by atoms with Crippen LogP contribution in [0.25, 0.3) is 0 Å². The second kappa shape index (κ2) is 9.30. The second-order valence-corrected chi connectivity index (χ2v) is 6.62. The average Bonchev–Trinajstić information content (AvgIpc) is 3.24. The van der Waals surface area contributed by atoms with Crippen molar-refractivity contribution in [3.05, 3.63) is 42.0 Å². The number of guanidine groups is 1. The maximum absolute atomic E-state index is 11.8. The first-order valence-electron chi connectivity index (χ1n) is 9.57. The third kappa shape index (κ3) is 4.93. The molecule has 0 radical (unpaired) electrons. The van der Waals surface area contributed by atoms with Crippen molar-refractivity contribution in [2.75, 3.05) is 57.8 Å². The molecule has 0 saturated carbocycles. The van der Waals surface area contributed by atoms with Gasteiger partial charge in [0.1, 0.15) is 0 Å². The zero-order valence-corrected chi connectivity index (χ0v) is 16.2. The van der Waals surface area contributed by atoms with Crippen molar-refractivity contribution in [1.82, 2.24) is 15.1 Å². The Balaban J connectivity index is 1.51. The lowest BCUT2D eigenvalue weighted by molar-refractivity contribution is 0.0914. The zero-order chi connectivity index (χ0) is 19.1. The summed E-state index contributed by atoms with van der Waals surface area (Å²) in [5.74, 6) is 0.867. The molecule has 7 nitrogen and oxygen atoms in total. The summed E-state index contributed by atoms with van der Waals surface area (Å²) in [5, 5.41) is 3.45. The second-order valence-electron chi connectivity index (χ2n) is 6.62. The minimum atomic E-state index is -0.228. The molecule has 1 saturated heterocycles. The van der Waals surface area contributed by atoms with Crippen molar-refractivity contribution in [3.8, 4) is 0 Å². The van der Waals surface area contributed by atoms with E-state index in [0.717, 1.165) is 38.7 Å². The van der Waals surface area contributed by atoms with Gasteiger partial charge in [0, 0.05) is 58.5 Å². The number of amides is 1. The Bertz CT molecular complexity index is 687. The van der Waals surface area contributed by atoms with Gasteiger partial charge in [0.05, 0.1) is 6.61 Å². The van der Waals surface area contributed by atoms with Gasteiger partial charge in [-0.2, -0.15) is 0 Å². The summed E-state index contributed by atoms with van der Waals surface area (Å²) in [5.41, 5.74) is 2.48. The van der Waals surface area contributed by atoms with Gasteiger partial charge in [0.15, 0.2) is 5.96 Å². The van der Waals surface area contributed by atoms with Crippen LogP contribution in [0.3, 0.4) is 0 Å². The largest absolute Gasteiger partial charge is 0.450 e. The highest BCUT2D eigenvalue weighted by Gasteiger charge is 2.23. The molecule has 0 aliphatic carbocycles. The monoisotopic (exact) mass is 371 g/mol. The molecule has 1 N–H and O–H groups in total. The van der Waals surface area contributed by atoms with E-state index < -0.39 is 0 Å². The highest BCUT2D eigenvalue weighted by atomic mass is 16.6. The third-order valence-electron chi connectivity index (χ3n) is 4.86. The molecule has 1 fully saturated rings. The van der Waals surface area contributed by atoms with Gasteiger partial charge >= 0.3 is 6.09 Å². The molecule has 0 bridgehead atoms. The number of hydrogen-bond donors (Lipinski definition) is 1. The number of anilines is 1. The van der Waals surface area contributed by atoms with E-state index in [1.54, 1.807) is 11.9 Å². The highest BCUT2D eigenvalue weighted by Crippen LogP contribution is 2.18. The Hall–Kier alpha value is -2.70. The molecular weight excluding hydrogens is 342 g/mol. The van der Waals surface area contributed by atoms with Crippen LogP contribution in [0, 0.1) is 0 Å². The first-order chi connectivity index (χ1) is 13.2. The lowest BCUT2D eigenvalue weighted by Crippen LogP contribution is -2.53. The quantitative estimate of drug-likeness (QED) is 0.498. The van der Waals surface area contributed by atoms with Crippen LogP contribution >= 0.6 is 0 Å². The number of ether oxygens (including phenoxy) is 1. The summed E-state index contributed by atoms with van der Waals surface area (Å²) >= 11 is 0. The van der Waals surface area contributed by atoms with Gasteiger partial charge in [-0.3, -0.25) is 4.99 Å². The van der Waals surface area contributed by atoms with Crippen LogP contribution < -0.4 is 10.2 Å². The Labute approximate surface area is 161 Å². The smallest absolute Gasteiger partial charge is 0.409 e. The van der Waals surface area contributed by atoms with E-state index in [9.17, 15) is 4.79 Å². The highest BCUT2D eigenvalue weighted by molar-refractivity contribution is 5.80. The number of hydrogen-bond acceptors (Lipinski definition) is 4. The van der Waals surface area contributed by atoms with Crippen LogP contribution in [-0.4, -0.2) is 74.8 Å². The Morgan fingerprint density at radius 3 is 2.52 bits per heavy atom. The van der Waals surface area contributed by atoms with Gasteiger partial charge in [-0.25, -0.2) is 4.79 Å². The van der Waals surface area contributed by atoms with E-state index in [1.807, 2.05) is 6.92 Å². The van der Waals surface area contributed by atoms with Gasteiger partial charge in [0.25, 0.3) is 0 Å². The van der Waals surface area contributed by atoms with E-state index in [1.165, 1.54) is 11.3 Å². The third-order valence-corrected chi connectivity index (χ3v) is 4.86. The maximum Gasteiger partial charge on any atom is 0.409 e. The molecule has 2 aliphatic heterocycles. The fourth-order valence-corrected chi connectivity index (χ4v) is 3.38. The van der Waals surface area contributed by atoms with Crippen LogP contribution in [0.15, 0.2) is 41.4 Å². The molecule has 0 spiro atoms. The molecule has 0 unspecified atom stereocenters. The van der Waals surface area contributed by atoms with Crippen LogP contribution in [0.4, 0.5) is 10.5 Å². The van der Waals surface area contributed by atoms with Crippen molar-refractivity contribution >= 4 is 17.7 Å². The van der Waals surface area contributed by atoms with E-state index in [0.29, 0.717) is 19.7 Å². The van der Waals surface area contributed by atoms with E-state index in [4.69, 9.17) is 4.74 Å². The molecule has 1 aromatic carbocycles. The summed E-state index contributed by atoms with van der Waals surface area (Å²) in [4.78, 5) is 22.5. The van der Waals surface area contributed by atoms with Crippen LogP contribution in [-0.2, 0) is 11.3 Å². The molecule has 2 heterocycles. The molecule has 0 aromatic heterocycles. The van der Waals surface area contributed by atoms with E-state index in [2.05, 4.69) is 56.5 Å². The number of nitrogens with zero attached hydrogens (tertiary/aromatic N) is 4. The first-order valence-corrected chi connectivity index (χ1v) is 9.57. The number of aliphatic imine (C=N–C) groups is 1. The normalized spacial score (nSPS) is 17.4. The summed E-state index contributed by atoms with van der Waals surface area (Å²) in [7, 11) is 1.80. The number of carbonyl (C=O) groups is 1. The topological polar surface area (TPSA) is 60.4 Å². The van der Waals surface area contributed by atoms with Gasteiger partial charge in [0.2, 0.25) is 0 Å². The van der Waals surface area contributed by atoms with Crippen molar-refractivity contribution in [2.45, 2.75) is 13.5 Å². The van der Waals surface area contributed by atoms with Gasteiger partial charge in [-0.05, 0) is 24.6 Å². The maximum atomic E-state index is 11.8. The van der Waals surface area contributed by atoms with E-state index >= 15 is 0 Å². The van der Waals surface area contributed by atoms with E-state index in [-0.39, 0.29) is 6.09 Å². The molecule has 7 heteroatoms. The number of nitrogens with one attached hydrogen (secondary N) is 1. The standard InChI is InChI=1S/C20H29N5O2/c1-3-27-20(26)25-13-11-24(12-14-25)19(21-2)22-16-17-7-6-8-18(15-17)23-9-4-5-10-23/h4-8,15H,3,9-14,16H2,1-2H3,(H,21,22). The van der Waals surface area contributed by atoms with Crippen molar-refractivity contribution in [1.29, 1.82) is 0 Å². The summed E-state index contributed by atoms with van der Waals surface area (Å²) < 4.78 is 5.08. The molecule has 2 aliphatic rings. The molecule has 27 heavy (non-hydrogen) atoms. The Morgan fingerprint density at radius 1 is 1.15 bits per heavy atom. The molecule has 1 amide bonds. The van der Waals surface area contributed by atoms with Crippen LogP contribution in [0.5, 0.6) is 0 Å². The number of carbonyl (C=O) groups excluding carboxylic acids is 1. The van der Waals surface area contributed by atoms with Crippen molar-refractivity contribution in [2.24, 2.45) is 4.99 Å². The van der Waals surface area contributed by atoms with Crippen molar-refractivity contribution < 1.29 is 9.53 Å². The lowest BCUT2D eigenvalue weighted by atomic mass is 10.2. The van der Waals surface area contributed by atoms with Crippen LogP contribution in [0.2, 0.25) is 0 Å². The lowest BCUT2D eigenvalue weighted by Gasteiger charge is -2.35. The SMILES string of the molecule is CCOC(=O)N1CCN(C(=NC)NCc2cccc(N3CC=CC3)c2)CC1. The molecule has 1 aromatic rings. The predicted octanol–water partition coefficient (Wildman–Crippen LogP) is 1.91. The predicted molar refractivity (Wildman–Crippen MR) is 108 cm³/mol. The Kier molecular flexibility index (Phi) is 6.57. The fourth-order valence-electron chi connectivity index (χ4n) is 3.38. The summed E-state index contributed by atoms with van der Waals surface area (Å²) in [6, 6.07) is 8.61. The van der Waals surface area contributed by atoms with Gasteiger partial charge < -0.3 is 24.8 Å². The minimum absolute atomic E-state index is 0.228. The minimum Gasteiger partial charge on any atom is -0.450 e. The average molecular weight is 371 g/mol. The molecule has 0 atom stereocenters. The number of piperazine rings is 1. The summed E-state index contributed by atoms with van der Waals surface area (Å²) in [6.45, 7) is 7.71. The molecule has 3 rings (SSSR count). The zero-order valence-electron chi connectivity index (χ0n) is 16.2. The summed E-state index contributed by atoms with van der Waals surface area (Å²) in [6.07, 6.45) is 4.17. The molecular formula is C20H29N5O2. The molecule has 146 valence electrons. The Morgan fingerprint density at radius 2 is 1.85 bits per heavy atom. The fraction of sp³-hybridized carbons (Fsp3) is 0.500. The van der Waals surface area contributed by atoms with Gasteiger partial charge in [-0.1, -0.05) is 24.3 Å². The number of rotatable bonds is 4. The first kappa shape index (κ1) is 19.1. The number of benzene rings is 1.